The Balaban J connectivity index is 1.38. The number of piperazine rings is 1. The molecular formula is C22H35N5O. The number of anilines is 1. The normalized spacial score (nSPS) is 17.9. The monoisotopic (exact) mass is 385 g/mol. The van der Waals surface area contributed by atoms with Gasteiger partial charge in [0.25, 0.3) is 0 Å². The second-order valence-corrected chi connectivity index (χ2v) is 8.18. The standard InChI is InChI=1S/C22H35N5O/c1-18(2)17-25-13-15-26(16-14-25)22(23-3)24-11-6-9-21(28)27-12-10-19-7-4-5-8-20(19)27/h4-5,7-8,18H,6,9-17H2,1-3H3,(H,23,24). The molecule has 0 saturated carbocycles. The number of nitrogens with zero attached hydrogens (tertiary/aromatic N) is 4. The van der Waals surface area contributed by atoms with Crippen molar-refractivity contribution in [2.45, 2.75) is 33.1 Å². The zero-order valence-electron chi connectivity index (χ0n) is 17.7. The molecule has 2 aliphatic rings. The van der Waals surface area contributed by atoms with Gasteiger partial charge in [-0.15, -0.1) is 0 Å². The highest BCUT2D eigenvalue weighted by atomic mass is 16.2. The van der Waals surface area contributed by atoms with E-state index in [9.17, 15) is 4.79 Å². The third kappa shape index (κ3) is 5.25. The van der Waals surface area contributed by atoms with Crippen LogP contribution in [0.5, 0.6) is 0 Å². The van der Waals surface area contributed by atoms with Gasteiger partial charge in [0.15, 0.2) is 5.96 Å². The van der Waals surface area contributed by atoms with E-state index in [4.69, 9.17) is 0 Å². The number of guanidine groups is 1. The second-order valence-electron chi connectivity index (χ2n) is 8.18. The molecule has 2 aliphatic heterocycles. The van der Waals surface area contributed by atoms with Crippen LogP contribution in [-0.4, -0.2) is 74.5 Å². The molecule has 0 atom stereocenters. The summed E-state index contributed by atoms with van der Waals surface area (Å²) in [4.78, 5) is 23.8. The summed E-state index contributed by atoms with van der Waals surface area (Å²) in [7, 11) is 1.84. The van der Waals surface area contributed by atoms with Crippen molar-refractivity contribution in [1.82, 2.24) is 15.1 Å². The Labute approximate surface area is 169 Å². The van der Waals surface area contributed by atoms with Crippen LogP contribution in [0.1, 0.15) is 32.3 Å². The van der Waals surface area contributed by atoms with Crippen molar-refractivity contribution in [3.05, 3.63) is 29.8 Å². The fraction of sp³-hybridized carbons (Fsp3) is 0.636. The van der Waals surface area contributed by atoms with Crippen LogP contribution >= 0.6 is 0 Å². The molecule has 1 aromatic rings. The predicted octanol–water partition coefficient (Wildman–Crippen LogP) is 2.20. The van der Waals surface area contributed by atoms with Gasteiger partial charge in [-0.3, -0.25) is 14.7 Å². The molecule has 1 saturated heterocycles. The molecule has 6 nitrogen and oxygen atoms in total. The first-order chi connectivity index (χ1) is 13.6. The van der Waals surface area contributed by atoms with E-state index in [-0.39, 0.29) is 5.91 Å². The lowest BCUT2D eigenvalue weighted by Gasteiger charge is -2.37. The maximum Gasteiger partial charge on any atom is 0.227 e. The van der Waals surface area contributed by atoms with Crippen molar-refractivity contribution in [2.75, 3.05) is 57.8 Å². The number of amides is 1. The molecule has 2 heterocycles. The molecular weight excluding hydrogens is 350 g/mol. The van der Waals surface area contributed by atoms with E-state index in [2.05, 4.69) is 46.1 Å². The molecule has 0 unspecified atom stereocenters. The molecule has 1 N–H and O–H groups in total. The van der Waals surface area contributed by atoms with Crippen LogP contribution in [-0.2, 0) is 11.2 Å². The highest BCUT2D eigenvalue weighted by Crippen LogP contribution is 2.27. The lowest BCUT2D eigenvalue weighted by molar-refractivity contribution is -0.118. The molecule has 28 heavy (non-hydrogen) atoms. The molecule has 0 aromatic heterocycles. The summed E-state index contributed by atoms with van der Waals surface area (Å²) >= 11 is 0. The number of hydrogen-bond acceptors (Lipinski definition) is 3. The van der Waals surface area contributed by atoms with E-state index in [1.54, 1.807) is 0 Å². The molecule has 0 aliphatic carbocycles. The van der Waals surface area contributed by atoms with Crippen molar-refractivity contribution in [3.63, 3.8) is 0 Å². The Morgan fingerprint density at radius 1 is 1.14 bits per heavy atom. The number of fused-ring (bicyclic) bond motifs is 1. The first kappa shape index (κ1) is 20.6. The summed E-state index contributed by atoms with van der Waals surface area (Å²) in [6.45, 7) is 11.5. The Morgan fingerprint density at radius 3 is 2.61 bits per heavy atom. The van der Waals surface area contributed by atoms with Crippen molar-refractivity contribution < 1.29 is 4.79 Å². The minimum Gasteiger partial charge on any atom is -0.356 e. The van der Waals surface area contributed by atoms with Gasteiger partial charge >= 0.3 is 0 Å². The minimum atomic E-state index is 0.226. The van der Waals surface area contributed by atoms with Gasteiger partial charge in [0.1, 0.15) is 0 Å². The number of para-hydroxylation sites is 1. The molecule has 6 heteroatoms. The Bertz CT molecular complexity index is 679. The molecule has 0 radical (unpaired) electrons. The smallest absolute Gasteiger partial charge is 0.227 e. The highest BCUT2D eigenvalue weighted by Gasteiger charge is 2.24. The first-order valence-corrected chi connectivity index (χ1v) is 10.6. The van der Waals surface area contributed by atoms with Crippen LogP contribution < -0.4 is 10.2 Å². The maximum atomic E-state index is 12.6. The van der Waals surface area contributed by atoms with Crippen LogP contribution in [0.2, 0.25) is 0 Å². The average Bonchev–Trinajstić information content (AvgIpc) is 3.12. The lowest BCUT2D eigenvalue weighted by Crippen LogP contribution is -2.53. The van der Waals surface area contributed by atoms with Crippen LogP contribution in [0.4, 0.5) is 5.69 Å². The maximum absolute atomic E-state index is 12.6. The van der Waals surface area contributed by atoms with E-state index in [1.807, 2.05) is 24.1 Å². The van der Waals surface area contributed by atoms with E-state index in [1.165, 1.54) is 12.1 Å². The van der Waals surface area contributed by atoms with Gasteiger partial charge in [0, 0.05) is 65.0 Å². The highest BCUT2D eigenvalue weighted by molar-refractivity contribution is 5.95. The molecule has 1 amide bonds. The van der Waals surface area contributed by atoms with Crippen LogP contribution in [0.15, 0.2) is 29.3 Å². The van der Waals surface area contributed by atoms with Gasteiger partial charge in [-0.1, -0.05) is 32.0 Å². The lowest BCUT2D eigenvalue weighted by atomic mass is 10.2. The van der Waals surface area contributed by atoms with E-state index in [0.717, 1.165) is 63.8 Å². The second kappa shape index (κ2) is 9.92. The zero-order chi connectivity index (χ0) is 19.9. The zero-order valence-corrected chi connectivity index (χ0v) is 17.7. The number of aliphatic imine (C=N–C) groups is 1. The Morgan fingerprint density at radius 2 is 1.89 bits per heavy atom. The van der Waals surface area contributed by atoms with Crippen molar-refractivity contribution >= 4 is 17.6 Å². The van der Waals surface area contributed by atoms with Crippen molar-refractivity contribution in [2.24, 2.45) is 10.9 Å². The number of nitrogens with one attached hydrogen (secondary N) is 1. The summed E-state index contributed by atoms with van der Waals surface area (Å²) < 4.78 is 0. The third-order valence-electron chi connectivity index (χ3n) is 5.55. The van der Waals surface area contributed by atoms with Crippen LogP contribution in [0.25, 0.3) is 0 Å². The average molecular weight is 386 g/mol. The quantitative estimate of drug-likeness (QED) is 0.463. The number of benzene rings is 1. The van der Waals surface area contributed by atoms with Crippen molar-refractivity contribution in [3.8, 4) is 0 Å². The molecule has 1 aromatic carbocycles. The topological polar surface area (TPSA) is 51.2 Å². The number of carbonyl (C=O) groups is 1. The van der Waals surface area contributed by atoms with E-state index < -0.39 is 0 Å². The number of rotatable bonds is 6. The SMILES string of the molecule is CN=C(NCCCC(=O)N1CCc2ccccc21)N1CCN(CC(C)C)CC1. The number of hydrogen-bond donors (Lipinski definition) is 1. The molecule has 0 bridgehead atoms. The fourth-order valence-corrected chi connectivity index (χ4v) is 4.16. The van der Waals surface area contributed by atoms with Gasteiger partial charge in [-0.25, -0.2) is 0 Å². The molecule has 154 valence electrons. The van der Waals surface area contributed by atoms with Gasteiger partial charge in [0.2, 0.25) is 5.91 Å². The van der Waals surface area contributed by atoms with Gasteiger partial charge in [-0.2, -0.15) is 0 Å². The predicted molar refractivity (Wildman–Crippen MR) is 116 cm³/mol. The minimum absolute atomic E-state index is 0.226. The van der Waals surface area contributed by atoms with Gasteiger partial charge in [-0.05, 0) is 30.4 Å². The summed E-state index contributed by atoms with van der Waals surface area (Å²) in [6.07, 6.45) is 2.36. The number of carbonyl (C=O) groups excluding carboxylic acids is 1. The largest absolute Gasteiger partial charge is 0.356 e. The summed E-state index contributed by atoms with van der Waals surface area (Å²) in [5, 5.41) is 3.45. The van der Waals surface area contributed by atoms with Crippen molar-refractivity contribution in [1.29, 1.82) is 0 Å². The van der Waals surface area contributed by atoms with Gasteiger partial charge < -0.3 is 15.1 Å². The van der Waals surface area contributed by atoms with Gasteiger partial charge in [0.05, 0.1) is 0 Å². The molecule has 3 rings (SSSR count). The summed E-state index contributed by atoms with van der Waals surface area (Å²) in [6, 6.07) is 8.23. The van der Waals surface area contributed by atoms with E-state index >= 15 is 0 Å². The first-order valence-electron chi connectivity index (χ1n) is 10.6. The van der Waals surface area contributed by atoms with E-state index in [0.29, 0.717) is 12.3 Å². The summed E-state index contributed by atoms with van der Waals surface area (Å²) in [5.41, 5.74) is 2.38. The Hall–Kier alpha value is -2.08. The van der Waals surface area contributed by atoms with Crippen LogP contribution in [0.3, 0.4) is 0 Å². The summed E-state index contributed by atoms with van der Waals surface area (Å²) in [5.74, 6) is 1.90. The molecule has 1 fully saturated rings. The van der Waals surface area contributed by atoms with Crippen LogP contribution in [0, 0.1) is 5.92 Å². The molecule has 0 spiro atoms. The fourth-order valence-electron chi connectivity index (χ4n) is 4.16. The Kier molecular flexibility index (Phi) is 7.31. The third-order valence-corrected chi connectivity index (χ3v) is 5.55.